The predicted octanol–water partition coefficient (Wildman–Crippen LogP) is 4.80. The molecule has 3 aromatic carbocycles. The Balaban J connectivity index is 0.000000352. The normalized spacial score (nSPS) is 12.2. The van der Waals surface area contributed by atoms with Crippen LogP contribution in [-0.2, 0) is 6.42 Å². The van der Waals surface area contributed by atoms with Gasteiger partial charge in [-0.05, 0) is 31.5 Å². The third-order valence-electron chi connectivity index (χ3n) is 4.71. The summed E-state index contributed by atoms with van der Waals surface area (Å²) >= 11 is 0. The van der Waals surface area contributed by atoms with Crippen molar-refractivity contribution >= 4 is 5.91 Å². The summed E-state index contributed by atoms with van der Waals surface area (Å²) in [4.78, 5) is 12.5. The van der Waals surface area contributed by atoms with Gasteiger partial charge in [-0.2, -0.15) is 0 Å². The summed E-state index contributed by atoms with van der Waals surface area (Å²) in [7, 11) is 0. The molecule has 0 aliphatic heterocycles. The number of benzene rings is 3. The van der Waals surface area contributed by atoms with E-state index in [1.807, 2.05) is 66.7 Å². The van der Waals surface area contributed by atoms with E-state index in [0.717, 1.165) is 5.56 Å². The van der Waals surface area contributed by atoms with Gasteiger partial charge in [-0.1, -0.05) is 84.4 Å². The highest BCUT2D eigenvalue weighted by atomic mass is 16.4. The highest BCUT2D eigenvalue weighted by molar-refractivity contribution is 5.94. The number of amides is 1. The summed E-state index contributed by atoms with van der Waals surface area (Å²) in [5.41, 5.74) is 8.74. The molecule has 0 radical (unpaired) electrons. The quantitative estimate of drug-likeness (QED) is 0.460. The summed E-state index contributed by atoms with van der Waals surface area (Å²) in [5.74, 6) is 0.504. The molecule has 6 nitrogen and oxygen atoms in total. The Hall–Kier alpha value is -3.77. The van der Waals surface area contributed by atoms with Crippen LogP contribution in [0.4, 0.5) is 0 Å². The first kappa shape index (κ1) is 22.9. The number of carbonyl (C=O) groups is 1. The highest BCUT2D eigenvalue weighted by Gasteiger charge is 2.23. The van der Waals surface area contributed by atoms with E-state index < -0.39 is 6.04 Å². The minimum Gasteiger partial charge on any atom is -0.421 e. The van der Waals surface area contributed by atoms with Gasteiger partial charge in [-0.3, -0.25) is 4.79 Å². The van der Waals surface area contributed by atoms with Crippen LogP contribution in [0.3, 0.4) is 0 Å². The van der Waals surface area contributed by atoms with Crippen LogP contribution in [0.25, 0.3) is 0 Å². The zero-order valence-electron chi connectivity index (χ0n) is 18.3. The van der Waals surface area contributed by atoms with Crippen molar-refractivity contribution in [2.45, 2.75) is 32.4 Å². The molecule has 3 N–H and O–H groups in total. The number of rotatable bonds is 6. The Morgan fingerprint density at radius 3 is 1.91 bits per heavy atom. The van der Waals surface area contributed by atoms with Crippen molar-refractivity contribution < 1.29 is 9.21 Å². The van der Waals surface area contributed by atoms with Gasteiger partial charge in [-0.25, -0.2) is 0 Å². The molecule has 6 heteroatoms. The number of aryl methyl sites for hydroxylation is 1. The van der Waals surface area contributed by atoms with E-state index in [1.165, 1.54) is 5.56 Å². The number of aromatic nitrogens is 2. The zero-order chi connectivity index (χ0) is 22.8. The molecule has 1 heterocycles. The number of hydrogen-bond donors (Lipinski definition) is 2. The van der Waals surface area contributed by atoms with Gasteiger partial charge in [0.1, 0.15) is 6.04 Å². The maximum Gasteiger partial charge on any atom is 0.251 e. The van der Waals surface area contributed by atoms with Crippen LogP contribution in [0.1, 0.15) is 52.3 Å². The van der Waals surface area contributed by atoms with Crippen LogP contribution in [0, 0.1) is 6.92 Å². The first-order chi connectivity index (χ1) is 15.5. The molecule has 0 bridgehead atoms. The lowest BCUT2D eigenvalue weighted by Crippen LogP contribution is -2.30. The van der Waals surface area contributed by atoms with Crippen molar-refractivity contribution in [1.29, 1.82) is 0 Å². The van der Waals surface area contributed by atoms with Gasteiger partial charge in [-0.15, -0.1) is 10.2 Å². The van der Waals surface area contributed by atoms with E-state index in [2.05, 4.69) is 34.6 Å². The zero-order valence-corrected chi connectivity index (χ0v) is 18.3. The molecular weight excluding hydrogens is 400 g/mol. The van der Waals surface area contributed by atoms with Crippen molar-refractivity contribution in [3.63, 3.8) is 0 Å². The Kier molecular flexibility index (Phi) is 8.29. The third-order valence-corrected chi connectivity index (χ3v) is 4.71. The van der Waals surface area contributed by atoms with Crippen LogP contribution in [0.5, 0.6) is 0 Å². The minimum atomic E-state index is -0.435. The molecule has 0 spiro atoms. The summed E-state index contributed by atoms with van der Waals surface area (Å²) in [6.45, 7) is 3.85. The Bertz CT molecular complexity index is 1080. The monoisotopic (exact) mass is 428 g/mol. The van der Waals surface area contributed by atoms with Gasteiger partial charge >= 0.3 is 0 Å². The van der Waals surface area contributed by atoms with Crippen molar-refractivity contribution in [2.75, 3.05) is 0 Å². The Labute approximate surface area is 188 Å². The largest absolute Gasteiger partial charge is 0.421 e. The van der Waals surface area contributed by atoms with Gasteiger partial charge < -0.3 is 15.5 Å². The molecule has 0 fully saturated rings. The van der Waals surface area contributed by atoms with E-state index in [4.69, 9.17) is 10.2 Å². The molecule has 1 aromatic heterocycles. The lowest BCUT2D eigenvalue weighted by Gasteiger charge is -2.15. The number of nitrogens with one attached hydrogen (secondary N) is 1. The van der Waals surface area contributed by atoms with Crippen molar-refractivity contribution in [1.82, 2.24) is 15.5 Å². The molecular formula is C26H28N4O2. The van der Waals surface area contributed by atoms with E-state index in [1.54, 1.807) is 19.1 Å². The molecule has 164 valence electrons. The van der Waals surface area contributed by atoms with Gasteiger partial charge in [0.2, 0.25) is 11.8 Å². The van der Waals surface area contributed by atoms with Crippen molar-refractivity contribution in [3.05, 3.63) is 119 Å². The second-order valence-electron chi connectivity index (χ2n) is 7.50. The maximum absolute atomic E-state index is 12.5. The SMILES string of the molecule is CC(N)c1nnc(C(Cc2ccccc2)NC(=O)c2ccccc2)o1.Cc1ccccc1. The average Bonchev–Trinajstić information content (AvgIpc) is 3.32. The number of nitrogens with two attached hydrogens (primary N) is 1. The molecule has 1 amide bonds. The van der Waals surface area contributed by atoms with Crippen LogP contribution in [-0.4, -0.2) is 16.1 Å². The first-order valence-electron chi connectivity index (χ1n) is 10.5. The lowest BCUT2D eigenvalue weighted by molar-refractivity contribution is 0.0929. The molecule has 0 saturated carbocycles. The first-order valence-corrected chi connectivity index (χ1v) is 10.5. The standard InChI is InChI=1S/C19H20N4O2.C7H8/c1-13(20)18-22-23-19(25-18)16(12-14-8-4-2-5-9-14)21-17(24)15-10-6-3-7-11-15;1-7-5-3-2-4-6-7/h2-11,13,16H,12,20H2,1H3,(H,21,24);2-6H,1H3. The lowest BCUT2D eigenvalue weighted by atomic mass is 10.1. The maximum atomic E-state index is 12.5. The Morgan fingerprint density at radius 2 is 1.41 bits per heavy atom. The molecule has 4 rings (SSSR count). The number of nitrogens with zero attached hydrogens (tertiary/aromatic N) is 2. The molecule has 0 aliphatic carbocycles. The van der Waals surface area contributed by atoms with Gasteiger partial charge in [0.25, 0.3) is 5.91 Å². The predicted molar refractivity (Wildman–Crippen MR) is 125 cm³/mol. The fourth-order valence-electron chi connectivity index (χ4n) is 2.99. The fraction of sp³-hybridized carbons (Fsp3) is 0.192. The average molecular weight is 429 g/mol. The second kappa shape index (κ2) is 11.6. The van der Waals surface area contributed by atoms with Crippen molar-refractivity contribution in [3.8, 4) is 0 Å². The van der Waals surface area contributed by atoms with E-state index in [9.17, 15) is 4.79 Å². The van der Waals surface area contributed by atoms with E-state index in [-0.39, 0.29) is 11.9 Å². The topological polar surface area (TPSA) is 94.0 Å². The van der Waals surface area contributed by atoms with Crippen LogP contribution in [0.15, 0.2) is 95.4 Å². The summed E-state index contributed by atoms with van der Waals surface area (Å²) < 4.78 is 5.65. The number of carbonyl (C=O) groups excluding carboxylic acids is 1. The summed E-state index contributed by atoms with van der Waals surface area (Å²) in [6, 6.07) is 28.3. The molecule has 2 unspecified atom stereocenters. The second-order valence-corrected chi connectivity index (χ2v) is 7.50. The van der Waals surface area contributed by atoms with Crippen LogP contribution < -0.4 is 11.1 Å². The summed E-state index contributed by atoms with van der Waals surface area (Å²) in [5, 5.41) is 11.0. The molecule has 4 aromatic rings. The summed E-state index contributed by atoms with van der Waals surface area (Å²) in [6.07, 6.45) is 0.542. The highest BCUT2D eigenvalue weighted by Crippen LogP contribution is 2.20. The van der Waals surface area contributed by atoms with Gasteiger partial charge in [0, 0.05) is 12.0 Å². The number of hydrogen-bond acceptors (Lipinski definition) is 5. The molecule has 32 heavy (non-hydrogen) atoms. The molecule has 0 saturated heterocycles. The smallest absolute Gasteiger partial charge is 0.251 e. The molecule has 2 atom stereocenters. The minimum absolute atomic E-state index is 0.193. The third kappa shape index (κ3) is 6.89. The fourth-order valence-corrected chi connectivity index (χ4v) is 2.99. The van der Waals surface area contributed by atoms with Crippen LogP contribution in [0.2, 0.25) is 0 Å². The van der Waals surface area contributed by atoms with E-state index >= 15 is 0 Å². The molecule has 0 aliphatic rings. The van der Waals surface area contributed by atoms with E-state index in [0.29, 0.717) is 23.8 Å². The van der Waals surface area contributed by atoms with Gasteiger partial charge in [0.05, 0.1) is 6.04 Å². The Morgan fingerprint density at radius 1 is 0.875 bits per heavy atom. The van der Waals surface area contributed by atoms with Gasteiger partial charge in [0.15, 0.2) is 0 Å². The van der Waals surface area contributed by atoms with Crippen LogP contribution >= 0.6 is 0 Å². The van der Waals surface area contributed by atoms with Crippen molar-refractivity contribution in [2.24, 2.45) is 5.73 Å².